The van der Waals surface area contributed by atoms with E-state index in [1.807, 2.05) is 0 Å². The van der Waals surface area contributed by atoms with Gasteiger partial charge in [-0.3, -0.25) is 0 Å². The molecule has 0 aromatic rings. The van der Waals surface area contributed by atoms with E-state index < -0.39 is 24.6 Å². The van der Waals surface area contributed by atoms with E-state index in [2.05, 4.69) is 15.4 Å². The maximum Gasteiger partial charge on any atom is 0.407 e. The molecule has 1 saturated heterocycles. The molecule has 1 amide bonds. The first-order chi connectivity index (χ1) is 6.06. The van der Waals surface area contributed by atoms with Crippen LogP contribution in [0.25, 0.3) is 0 Å². The van der Waals surface area contributed by atoms with E-state index in [1.165, 1.54) is 0 Å². The van der Waals surface area contributed by atoms with Gasteiger partial charge in [-0.1, -0.05) is 0 Å². The third kappa shape index (κ3) is 2.51. The molecule has 0 aromatic heterocycles. The highest BCUT2D eigenvalue weighted by Crippen LogP contribution is 2.21. The summed E-state index contributed by atoms with van der Waals surface area (Å²) in [5.74, 6) is -2.88. The number of alkyl halides is 2. The number of nitrogens with one attached hydrogen (secondary N) is 2. The zero-order chi connectivity index (χ0) is 9.90. The zero-order valence-corrected chi connectivity index (χ0v) is 7.27. The summed E-state index contributed by atoms with van der Waals surface area (Å²) < 4.78 is 30.2. The van der Waals surface area contributed by atoms with Gasteiger partial charge < -0.3 is 15.4 Å². The molecule has 2 N–H and O–H groups in total. The molecule has 4 nitrogen and oxygen atoms in total. The molecule has 0 spiro atoms. The summed E-state index contributed by atoms with van der Waals surface area (Å²) in [6.07, 6.45) is -0.795. The summed E-state index contributed by atoms with van der Waals surface area (Å²) in [6, 6.07) is -1.16. The van der Waals surface area contributed by atoms with Crippen LogP contribution in [0.1, 0.15) is 6.92 Å². The zero-order valence-electron chi connectivity index (χ0n) is 7.27. The first-order valence-electron chi connectivity index (χ1n) is 4.08. The molecule has 76 valence electrons. The third-order valence-corrected chi connectivity index (χ3v) is 1.79. The summed E-state index contributed by atoms with van der Waals surface area (Å²) in [6.45, 7) is 1.47. The van der Waals surface area contributed by atoms with Crippen molar-refractivity contribution in [3.63, 3.8) is 0 Å². The Morgan fingerprint density at radius 1 is 1.77 bits per heavy atom. The Hall–Kier alpha value is -0.910. The van der Waals surface area contributed by atoms with Crippen molar-refractivity contribution in [3.05, 3.63) is 0 Å². The Labute approximate surface area is 74.6 Å². The van der Waals surface area contributed by atoms with Crippen molar-refractivity contribution in [2.75, 3.05) is 19.7 Å². The van der Waals surface area contributed by atoms with Gasteiger partial charge in [0.15, 0.2) is 0 Å². The molecule has 1 heterocycles. The first kappa shape index (κ1) is 10.2. The van der Waals surface area contributed by atoms with Gasteiger partial charge in [-0.15, -0.1) is 0 Å². The van der Waals surface area contributed by atoms with Gasteiger partial charge in [0, 0.05) is 6.54 Å². The number of amides is 1. The fraction of sp³-hybridized carbons (Fsp3) is 0.857. The maximum absolute atomic E-state index is 12.9. The molecule has 1 rings (SSSR count). The lowest BCUT2D eigenvalue weighted by molar-refractivity contribution is -0.00358. The fourth-order valence-electron chi connectivity index (χ4n) is 1.13. The van der Waals surface area contributed by atoms with Crippen molar-refractivity contribution >= 4 is 6.09 Å². The second-order valence-corrected chi connectivity index (χ2v) is 2.81. The number of carbonyl (C=O) groups excluding carboxylic acids is 1. The van der Waals surface area contributed by atoms with Crippen LogP contribution in [0.5, 0.6) is 0 Å². The van der Waals surface area contributed by atoms with Crippen molar-refractivity contribution < 1.29 is 18.3 Å². The van der Waals surface area contributed by atoms with Crippen molar-refractivity contribution in [1.29, 1.82) is 0 Å². The van der Waals surface area contributed by atoms with Crippen LogP contribution in [0.2, 0.25) is 0 Å². The van der Waals surface area contributed by atoms with Crippen molar-refractivity contribution in [1.82, 2.24) is 10.6 Å². The van der Waals surface area contributed by atoms with Crippen molar-refractivity contribution in [2.45, 2.75) is 18.9 Å². The first-order valence-corrected chi connectivity index (χ1v) is 4.08. The summed E-state index contributed by atoms with van der Waals surface area (Å²) in [5.41, 5.74) is 0. The molecule has 0 aliphatic carbocycles. The van der Waals surface area contributed by atoms with Gasteiger partial charge >= 0.3 is 6.09 Å². The Morgan fingerprint density at radius 2 is 2.46 bits per heavy atom. The predicted octanol–water partition coefficient (Wildman–Crippen LogP) is 0.340. The number of ether oxygens (including phenoxy) is 1. The fourth-order valence-corrected chi connectivity index (χ4v) is 1.13. The molecule has 1 fully saturated rings. The Balaban J connectivity index is 2.40. The molecule has 1 atom stereocenters. The maximum atomic E-state index is 12.9. The van der Waals surface area contributed by atoms with Crippen LogP contribution in [0.4, 0.5) is 13.6 Å². The molecule has 13 heavy (non-hydrogen) atoms. The summed E-state index contributed by atoms with van der Waals surface area (Å²) in [5, 5.41) is 4.59. The lowest BCUT2D eigenvalue weighted by Crippen LogP contribution is -2.46. The van der Waals surface area contributed by atoms with Crippen LogP contribution < -0.4 is 10.6 Å². The minimum atomic E-state index is -2.88. The highest BCUT2D eigenvalue weighted by Gasteiger charge is 2.44. The van der Waals surface area contributed by atoms with Crippen LogP contribution in [-0.4, -0.2) is 37.8 Å². The number of halogens is 2. The molecule has 0 aromatic carbocycles. The largest absolute Gasteiger partial charge is 0.450 e. The van der Waals surface area contributed by atoms with E-state index in [-0.39, 0.29) is 13.2 Å². The van der Waals surface area contributed by atoms with E-state index in [0.29, 0.717) is 0 Å². The van der Waals surface area contributed by atoms with Crippen molar-refractivity contribution in [3.8, 4) is 0 Å². The lowest BCUT2D eigenvalue weighted by atomic mass is 10.2. The molecular weight excluding hydrogens is 182 g/mol. The average Bonchev–Trinajstić information content (AvgIpc) is 2.31. The van der Waals surface area contributed by atoms with E-state index >= 15 is 0 Å². The minimum absolute atomic E-state index is 0.0752. The molecular formula is C7H12F2N2O2. The van der Waals surface area contributed by atoms with E-state index in [0.717, 1.165) is 0 Å². The predicted molar refractivity (Wildman–Crippen MR) is 41.8 cm³/mol. The van der Waals surface area contributed by atoms with Gasteiger partial charge in [-0.25, -0.2) is 13.6 Å². The standard InChI is InChI=1S/C7H12F2N2O2/c1-2-13-6(12)11-5-3-10-4-7(5,8)9/h5,10H,2-4H2,1H3,(H,11,12). The molecule has 0 radical (unpaired) electrons. The Bertz CT molecular complexity index is 199. The van der Waals surface area contributed by atoms with Crippen LogP contribution in [0.15, 0.2) is 0 Å². The van der Waals surface area contributed by atoms with E-state index in [4.69, 9.17) is 0 Å². The van der Waals surface area contributed by atoms with Gasteiger partial charge in [0.1, 0.15) is 6.04 Å². The van der Waals surface area contributed by atoms with E-state index in [9.17, 15) is 13.6 Å². The number of carbonyl (C=O) groups is 1. The van der Waals surface area contributed by atoms with Crippen LogP contribution in [-0.2, 0) is 4.74 Å². The van der Waals surface area contributed by atoms with Crippen molar-refractivity contribution in [2.24, 2.45) is 0 Å². The van der Waals surface area contributed by atoms with Gasteiger partial charge in [-0.05, 0) is 6.92 Å². The number of alkyl carbamates (subject to hydrolysis) is 1. The minimum Gasteiger partial charge on any atom is -0.450 e. The second-order valence-electron chi connectivity index (χ2n) is 2.81. The molecule has 1 aliphatic rings. The van der Waals surface area contributed by atoms with Crippen LogP contribution >= 0.6 is 0 Å². The van der Waals surface area contributed by atoms with Gasteiger partial charge in [0.2, 0.25) is 0 Å². The molecule has 1 aliphatic heterocycles. The monoisotopic (exact) mass is 194 g/mol. The smallest absolute Gasteiger partial charge is 0.407 e. The Kier molecular flexibility index (Phi) is 3.02. The van der Waals surface area contributed by atoms with Gasteiger partial charge in [0.05, 0.1) is 13.2 Å². The molecule has 6 heteroatoms. The molecule has 1 unspecified atom stereocenters. The second kappa shape index (κ2) is 3.87. The highest BCUT2D eigenvalue weighted by molar-refractivity contribution is 5.67. The van der Waals surface area contributed by atoms with Crippen LogP contribution in [0, 0.1) is 0 Å². The number of hydrogen-bond donors (Lipinski definition) is 2. The quantitative estimate of drug-likeness (QED) is 0.666. The van der Waals surface area contributed by atoms with E-state index in [1.54, 1.807) is 6.92 Å². The average molecular weight is 194 g/mol. The Morgan fingerprint density at radius 3 is 2.92 bits per heavy atom. The molecule has 0 bridgehead atoms. The topological polar surface area (TPSA) is 50.4 Å². The lowest BCUT2D eigenvalue weighted by Gasteiger charge is -2.18. The molecule has 0 saturated carbocycles. The normalized spacial score (nSPS) is 25.6. The summed E-state index contributed by atoms with van der Waals surface area (Å²) in [4.78, 5) is 10.8. The number of rotatable bonds is 2. The van der Waals surface area contributed by atoms with Gasteiger partial charge in [0.25, 0.3) is 5.92 Å². The SMILES string of the molecule is CCOC(=O)NC1CNCC1(F)F. The summed E-state index contributed by atoms with van der Waals surface area (Å²) in [7, 11) is 0. The highest BCUT2D eigenvalue weighted by atomic mass is 19.3. The van der Waals surface area contributed by atoms with Crippen LogP contribution in [0.3, 0.4) is 0 Å². The van der Waals surface area contributed by atoms with Gasteiger partial charge in [-0.2, -0.15) is 0 Å². The summed E-state index contributed by atoms with van der Waals surface area (Å²) >= 11 is 0. The number of hydrogen-bond acceptors (Lipinski definition) is 3. The third-order valence-electron chi connectivity index (χ3n) is 1.79.